The summed E-state index contributed by atoms with van der Waals surface area (Å²) in [6.45, 7) is 0. The highest BCUT2D eigenvalue weighted by Gasteiger charge is 2.64. The van der Waals surface area contributed by atoms with Crippen molar-refractivity contribution in [1.29, 1.82) is 0 Å². The molecule has 0 saturated heterocycles. The molecule has 176 valence electrons. The van der Waals surface area contributed by atoms with Crippen molar-refractivity contribution in [3.05, 3.63) is 34.6 Å². The van der Waals surface area contributed by atoms with Gasteiger partial charge in [0.05, 0.1) is 22.9 Å². The second-order valence-electron chi connectivity index (χ2n) is 8.87. The highest BCUT2D eigenvalue weighted by molar-refractivity contribution is 8.00. The summed E-state index contributed by atoms with van der Waals surface area (Å²) in [4.78, 5) is 42.5. The van der Waals surface area contributed by atoms with E-state index in [2.05, 4.69) is 0 Å². The fourth-order valence-electron chi connectivity index (χ4n) is 5.06. The molecule has 4 atom stereocenters. The van der Waals surface area contributed by atoms with E-state index in [0.29, 0.717) is 10.6 Å². The van der Waals surface area contributed by atoms with Crippen molar-refractivity contribution in [2.75, 3.05) is 33.1 Å². The van der Waals surface area contributed by atoms with E-state index in [-0.39, 0.29) is 23.3 Å². The minimum atomic E-state index is -2.64. The average molecular weight is 476 g/mol. The summed E-state index contributed by atoms with van der Waals surface area (Å²) >= 11 is 1.22. The second kappa shape index (κ2) is 7.51. The summed E-state index contributed by atoms with van der Waals surface area (Å²) in [6.07, 6.45) is 0.0267. The van der Waals surface area contributed by atoms with E-state index in [9.17, 15) is 34.8 Å². The summed E-state index contributed by atoms with van der Waals surface area (Å²) in [5.74, 6) is -6.06. The van der Waals surface area contributed by atoms with Crippen molar-refractivity contribution >= 4 is 40.7 Å². The van der Waals surface area contributed by atoms with Gasteiger partial charge in [-0.15, -0.1) is 11.8 Å². The Morgan fingerprint density at radius 2 is 1.79 bits per heavy atom. The first kappa shape index (κ1) is 23.1. The van der Waals surface area contributed by atoms with Gasteiger partial charge in [0.25, 0.3) is 5.91 Å². The molecule has 1 saturated carbocycles. The van der Waals surface area contributed by atoms with Crippen molar-refractivity contribution in [3.8, 4) is 5.75 Å². The summed E-state index contributed by atoms with van der Waals surface area (Å²) in [6, 6.07) is 1.96. The molecule has 1 unspecified atom stereocenters. The van der Waals surface area contributed by atoms with Crippen LogP contribution in [-0.4, -0.2) is 87.9 Å². The van der Waals surface area contributed by atoms with Crippen LogP contribution in [0.25, 0.3) is 5.76 Å². The van der Waals surface area contributed by atoms with Crippen molar-refractivity contribution < 1.29 is 34.8 Å². The Labute approximate surface area is 194 Å². The van der Waals surface area contributed by atoms with Gasteiger partial charge < -0.3 is 31.1 Å². The SMILES string of the molecule is CN(C)c1ccc(O)c2c1S[C@H]1C[C@@H]3C(N(C)C)C(=O)C(C(N)=O)=C(O)[C@@]3(O)C(=O)C1=C2O. The molecule has 2 aliphatic carbocycles. The van der Waals surface area contributed by atoms with Gasteiger partial charge in [-0.2, -0.15) is 0 Å². The number of phenols is 1. The van der Waals surface area contributed by atoms with Crippen LogP contribution in [0.1, 0.15) is 12.0 Å². The van der Waals surface area contributed by atoms with Gasteiger partial charge in [-0.3, -0.25) is 19.3 Å². The minimum absolute atomic E-state index is 0.0267. The van der Waals surface area contributed by atoms with Crippen LogP contribution in [0.3, 0.4) is 0 Å². The molecular formula is C22H25N3O7S. The van der Waals surface area contributed by atoms with Crippen LogP contribution in [0.15, 0.2) is 33.9 Å². The van der Waals surface area contributed by atoms with E-state index in [1.54, 1.807) is 39.2 Å². The topological polar surface area (TPSA) is 165 Å². The zero-order valence-electron chi connectivity index (χ0n) is 18.5. The Bertz CT molecular complexity index is 1170. The number of Topliss-reactive ketones (excluding diaryl/α,β-unsaturated/α-hetero) is 2. The van der Waals surface area contributed by atoms with Crippen LogP contribution < -0.4 is 10.6 Å². The summed E-state index contributed by atoms with van der Waals surface area (Å²) in [5.41, 5.74) is 2.38. The molecule has 1 fully saturated rings. The molecule has 0 radical (unpaired) electrons. The van der Waals surface area contributed by atoms with E-state index < -0.39 is 57.4 Å². The molecule has 3 aliphatic rings. The molecule has 0 spiro atoms. The minimum Gasteiger partial charge on any atom is -0.508 e. The molecule has 1 aromatic rings. The van der Waals surface area contributed by atoms with Crippen LogP contribution in [0, 0.1) is 5.92 Å². The number of nitrogens with zero attached hydrogens (tertiary/aromatic N) is 2. The number of benzene rings is 1. The number of hydrogen-bond acceptors (Lipinski definition) is 10. The first-order valence-electron chi connectivity index (χ1n) is 10.2. The first-order valence-corrected chi connectivity index (χ1v) is 11.1. The molecule has 1 aliphatic heterocycles. The Balaban J connectivity index is 1.99. The fourth-order valence-corrected chi connectivity index (χ4v) is 6.67. The van der Waals surface area contributed by atoms with Crippen molar-refractivity contribution in [3.63, 3.8) is 0 Å². The Morgan fingerprint density at radius 1 is 1.15 bits per heavy atom. The standard InChI is InChI=1S/C22H25N3O7S/c1-24(2)9-5-6-10(26)12-16(27)13-11(33-18(9)12)7-8-15(25(3)4)17(28)14(21(23)31)20(30)22(8,32)19(13)29/h5-6,8,11,15,26-27,30,32H,7H2,1-4H3,(H2,23,31)/t8-,11+,15?,22+/m1/s1. The van der Waals surface area contributed by atoms with Crippen LogP contribution in [0.4, 0.5) is 5.69 Å². The van der Waals surface area contributed by atoms with Gasteiger partial charge in [-0.1, -0.05) is 0 Å². The quantitative estimate of drug-likeness (QED) is 0.385. The van der Waals surface area contributed by atoms with Gasteiger partial charge in [0.15, 0.2) is 11.4 Å². The van der Waals surface area contributed by atoms with Gasteiger partial charge in [0.1, 0.15) is 22.8 Å². The van der Waals surface area contributed by atoms with Gasteiger partial charge in [0.2, 0.25) is 5.78 Å². The number of primary amides is 1. The number of ketones is 2. The van der Waals surface area contributed by atoms with E-state index in [4.69, 9.17) is 5.73 Å². The molecule has 1 heterocycles. The monoisotopic (exact) mass is 475 g/mol. The molecule has 0 bridgehead atoms. The lowest BCUT2D eigenvalue weighted by Crippen LogP contribution is -2.66. The number of rotatable bonds is 3. The number of thioether (sulfide) groups is 1. The molecule has 10 nitrogen and oxygen atoms in total. The second-order valence-corrected chi connectivity index (χ2v) is 10.1. The number of aliphatic hydroxyl groups excluding tert-OH is 2. The number of nitrogens with two attached hydrogens (primary N) is 1. The van der Waals surface area contributed by atoms with Gasteiger partial charge in [-0.05, 0) is 32.6 Å². The average Bonchev–Trinajstić information content (AvgIpc) is 2.70. The third-order valence-electron chi connectivity index (χ3n) is 6.56. The first-order chi connectivity index (χ1) is 15.3. The maximum atomic E-state index is 13.7. The number of aliphatic hydroxyl groups is 3. The smallest absolute Gasteiger partial charge is 0.255 e. The summed E-state index contributed by atoms with van der Waals surface area (Å²) < 4.78 is 0. The van der Waals surface area contributed by atoms with Crippen molar-refractivity contribution in [2.45, 2.75) is 28.2 Å². The third kappa shape index (κ3) is 2.99. The molecule has 11 heteroatoms. The highest BCUT2D eigenvalue weighted by Crippen LogP contribution is 2.56. The molecule has 33 heavy (non-hydrogen) atoms. The van der Waals surface area contributed by atoms with Gasteiger partial charge >= 0.3 is 0 Å². The zero-order valence-corrected chi connectivity index (χ0v) is 19.3. The number of aromatic hydroxyl groups is 1. The zero-order chi connectivity index (χ0) is 24.6. The number of carbonyl (C=O) groups excluding carboxylic acids is 3. The predicted molar refractivity (Wildman–Crippen MR) is 121 cm³/mol. The van der Waals surface area contributed by atoms with Crippen LogP contribution in [0.5, 0.6) is 5.75 Å². The lowest BCUT2D eigenvalue weighted by Gasteiger charge is -2.50. The Hall–Kier alpha value is -3.02. The summed E-state index contributed by atoms with van der Waals surface area (Å²) in [5, 5.41) is 43.2. The maximum Gasteiger partial charge on any atom is 0.255 e. The molecule has 0 aromatic heterocycles. The van der Waals surface area contributed by atoms with Crippen molar-refractivity contribution in [1.82, 2.24) is 4.90 Å². The lowest BCUT2D eigenvalue weighted by atomic mass is 9.62. The van der Waals surface area contributed by atoms with Crippen LogP contribution in [0.2, 0.25) is 0 Å². The van der Waals surface area contributed by atoms with Crippen LogP contribution >= 0.6 is 11.8 Å². The molecular weight excluding hydrogens is 450 g/mol. The van der Waals surface area contributed by atoms with E-state index >= 15 is 0 Å². The number of phenolic OH excluding ortho intramolecular Hbond substituents is 1. The fraction of sp³-hybridized carbons (Fsp3) is 0.409. The molecule has 6 N–H and O–H groups in total. The maximum absolute atomic E-state index is 13.7. The normalized spacial score (nSPS) is 29.1. The Morgan fingerprint density at radius 3 is 2.33 bits per heavy atom. The number of anilines is 1. The molecule has 1 aromatic carbocycles. The van der Waals surface area contributed by atoms with Gasteiger partial charge in [0, 0.05) is 30.2 Å². The largest absolute Gasteiger partial charge is 0.508 e. The Kier molecular flexibility index (Phi) is 5.26. The number of likely N-dealkylation sites (N-methyl/N-ethyl adjacent to an activating group) is 1. The predicted octanol–water partition coefficient (Wildman–Crippen LogP) is 0.332. The highest BCUT2D eigenvalue weighted by atomic mass is 32.2. The number of amides is 1. The molecule has 4 rings (SSSR count). The van der Waals surface area contributed by atoms with Crippen molar-refractivity contribution in [2.24, 2.45) is 11.7 Å². The number of hydrogen-bond donors (Lipinski definition) is 5. The lowest BCUT2D eigenvalue weighted by molar-refractivity contribution is -0.151. The van der Waals surface area contributed by atoms with E-state index in [1.807, 2.05) is 0 Å². The number of carbonyl (C=O) groups is 3. The van der Waals surface area contributed by atoms with E-state index in [0.717, 1.165) is 0 Å². The summed E-state index contributed by atoms with van der Waals surface area (Å²) in [7, 11) is 6.71. The van der Waals surface area contributed by atoms with Crippen LogP contribution in [-0.2, 0) is 14.4 Å². The third-order valence-corrected chi connectivity index (χ3v) is 7.92. The van der Waals surface area contributed by atoms with E-state index in [1.165, 1.54) is 22.7 Å². The number of fused-ring (bicyclic) bond motifs is 3. The van der Waals surface area contributed by atoms with Gasteiger partial charge in [-0.25, -0.2) is 0 Å². The molecule has 1 amide bonds.